The Labute approximate surface area is 136 Å². The van der Waals surface area contributed by atoms with E-state index in [0.29, 0.717) is 10.9 Å². The summed E-state index contributed by atoms with van der Waals surface area (Å²) in [5, 5.41) is 0. The predicted molar refractivity (Wildman–Crippen MR) is 80.9 cm³/mol. The molecule has 1 unspecified atom stereocenters. The highest BCUT2D eigenvalue weighted by Crippen LogP contribution is 2.39. The van der Waals surface area contributed by atoms with E-state index in [2.05, 4.69) is 31.9 Å². The van der Waals surface area contributed by atoms with Gasteiger partial charge in [0.25, 0.3) is 0 Å². The third-order valence-corrected chi connectivity index (χ3v) is 4.30. The molecular weight excluding hydrogens is 416 g/mol. The van der Waals surface area contributed by atoms with Gasteiger partial charge in [0, 0.05) is 9.30 Å². The molecule has 0 heterocycles. The highest BCUT2D eigenvalue weighted by molar-refractivity contribution is 9.10. The third-order valence-electron chi connectivity index (χ3n) is 2.99. The molecule has 2 aromatic rings. The van der Waals surface area contributed by atoms with Crippen molar-refractivity contribution in [3.05, 3.63) is 69.4 Å². The lowest BCUT2D eigenvalue weighted by Crippen LogP contribution is -2.11. The van der Waals surface area contributed by atoms with Crippen LogP contribution in [0.4, 0.5) is 17.6 Å². The SMILES string of the molecule is Fc1ccc(CC(Br)c2ccc(Br)cc2C(F)(F)F)cc1. The van der Waals surface area contributed by atoms with E-state index in [1.54, 1.807) is 18.2 Å². The Morgan fingerprint density at radius 1 is 1.00 bits per heavy atom. The smallest absolute Gasteiger partial charge is 0.207 e. The van der Waals surface area contributed by atoms with Gasteiger partial charge in [0.2, 0.25) is 0 Å². The van der Waals surface area contributed by atoms with Gasteiger partial charge in [-0.25, -0.2) is 4.39 Å². The van der Waals surface area contributed by atoms with Crippen molar-refractivity contribution in [1.82, 2.24) is 0 Å². The van der Waals surface area contributed by atoms with Gasteiger partial charge in [-0.3, -0.25) is 0 Å². The minimum Gasteiger partial charge on any atom is -0.207 e. The minimum absolute atomic E-state index is 0.162. The Morgan fingerprint density at radius 3 is 2.19 bits per heavy atom. The van der Waals surface area contributed by atoms with Crippen molar-refractivity contribution in [1.29, 1.82) is 0 Å². The zero-order valence-electron chi connectivity index (χ0n) is 10.6. The van der Waals surface area contributed by atoms with E-state index in [9.17, 15) is 17.6 Å². The van der Waals surface area contributed by atoms with Gasteiger partial charge in [0.05, 0.1) is 5.56 Å². The van der Waals surface area contributed by atoms with Crippen LogP contribution in [0, 0.1) is 5.82 Å². The molecule has 6 heteroatoms. The summed E-state index contributed by atoms with van der Waals surface area (Å²) in [7, 11) is 0. The van der Waals surface area contributed by atoms with Gasteiger partial charge >= 0.3 is 6.18 Å². The summed E-state index contributed by atoms with van der Waals surface area (Å²) in [6.07, 6.45) is -4.08. The Balaban J connectivity index is 2.30. The lowest BCUT2D eigenvalue weighted by atomic mass is 9.99. The number of alkyl halides is 4. The van der Waals surface area contributed by atoms with Gasteiger partial charge in [-0.2, -0.15) is 13.2 Å². The molecule has 0 N–H and O–H groups in total. The van der Waals surface area contributed by atoms with Crippen molar-refractivity contribution in [2.24, 2.45) is 0 Å². The fourth-order valence-corrected chi connectivity index (χ4v) is 3.12. The summed E-state index contributed by atoms with van der Waals surface area (Å²) in [4.78, 5) is -0.507. The van der Waals surface area contributed by atoms with E-state index in [-0.39, 0.29) is 11.4 Å². The van der Waals surface area contributed by atoms with Crippen LogP contribution in [0.3, 0.4) is 0 Å². The number of hydrogen-bond donors (Lipinski definition) is 0. The summed E-state index contributed by atoms with van der Waals surface area (Å²) in [5.41, 5.74) is 0.241. The Kier molecular flexibility index (Phi) is 5.09. The fourth-order valence-electron chi connectivity index (χ4n) is 1.98. The van der Waals surface area contributed by atoms with E-state index >= 15 is 0 Å². The zero-order valence-corrected chi connectivity index (χ0v) is 13.8. The predicted octanol–water partition coefficient (Wildman–Crippen LogP) is 6.29. The molecule has 112 valence electrons. The Hall–Kier alpha value is -0.880. The maximum atomic E-state index is 13.1. The molecule has 0 amide bonds. The number of hydrogen-bond acceptors (Lipinski definition) is 0. The van der Waals surface area contributed by atoms with Gasteiger partial charge in [-0.05, 0) is 41.8 Å². The van der Waals surface area contributed by atoms with Crippen molar-refractivity contribution >= 4 is 31.9 Å². The summed E-state index contributed by atoms with van der Waals surface area (Å²) >= 11 is 6.36. The molecule has 0 saturated carbocycles. The van der Waals surface area contributed by atoms with Crippen LogP contribution in [0.1, 0.15) is 21.5 Å². The van der Waals surface area contributed by atoms with Crippen LogP contribution >= 0.6 is 31.9 Å². The highest BCUT2D eigenvalue weighted by atomic mass is 79.9. The standard InChI is InChI=1S/C15H10Br2F4/c16-10-3-6-12(13(8-10)15(19,20)21)14(17)7-9-1-4-11(18)5-2-9/h1-6,8,14H,7H2. The summed E-state index contributed by atoms with van der Waals surface area (Å²) in [6, 6.07) is 9.79. The molecule has 0 nitrogen and oxygen atoms in total. The first-order chi connectivity index (χ1) is 9.77. The molecule has 21 heavy (non-hydrogen) atoms. The topological polar surface area (TPSA) is 0 Å². The Bertz CT molecular complexity index is 621. The molecule has 2 rings (SSSR count). The highest BCUT2D eigenvalue weighted by Gasteiger charge is 2.35. The normalized spacial score (nSPS) is 13.2. The van der Waals surface area contributed by atoms with Crippen LogP contribution in [0.2, 0.25) is 0 Å². The first kappa shape index (κ1) is 16.5. The van der Waals surface area contributed by atoms with Gasteiger partial charge in [0.15, 0.2) is 0 Å². The number of benzene rings is 2. The summed E-state index contributed by atoms with van der Waals surface area (Å²) in [5.74, 6) is -0.371. The van der Waals surface area contributed by atoms with Crippen molar-refractivity contribution in [2.45, 2.75) is 17.4 Å². The van der Waals surface area contributed by atoms with Crippen molar-refractivity contribution < 1.29 is 17.6 Å². The zero-order chi connectivity index (χ0) is 15.6. The van der Waals surface area contributed by atoms with Gasteiger partial charge < -0.3 is 0 Å². The van der Waals surface area contributed by atoms with Crippen LogP contribution in [0.5, 0.6) is 0 Å². The van der Waals surface area contributed by atoms with Crippen LogP contribution in [0.25, 0.3) is 0 Å². The van der Waals surface area contributed by atoms with Crippen LogP contribution in [-0.4, -0.2) is 0 Å². The molecule has 0 saturated heterocycles. The molecular formula is C15H10Br2F4. The quantitative estimate of drug-likeness (QED) is 0.400. The molecule has 0 aromatic heterocycles. The average Bonchev–Trinajstić information content (AvgIpc) is 2.40. The first-order valence-electron chi connectivity index (χ1n) is 6.02. The lowest BCUT2D eigenvalue weighted by Gasteiger charge is -2.17. The minimum atomic E-state index is -4.42. The van der Waals surface area contributed by atoms with Crippen LogP contribution in [0.15, 0.2) is 46.9 Å². The van der Waals surface area contributed by atoms with Crippen molar-refractivity contribution in [3.63, 3.8) is 0 Å². The van der Waals surface area contributed by atoms with E-state index < -0.39 is 16.6 Å². The molecule has 0 aliphatic heterocycles. The largest absolute Gasteiger partial charge is 0.416 e. The summed E-state index contributed by atoms with van der Waals surface area (Å²) in [6.45, 7) is 0. The fraction of sp³-hybridized carbons (Fsp3) is 0.200. The molecule has 0 aliphatic carbocycles. The van der Waals surface area contributed by atoms with E-state index in [0.717, 1.165) is 11.6 Å². The Morgan fingerprint density at radius 2 is 1.62 bits per heavy atom. The lowest BCUT2D eigenvalue weighted by molar-refractivity contribution is -0.138. The van der Waals surface area contributed by atoms with Crippen LogP contribution in [-0.2, 0) is 12.6 Å². The maximum absolute atomic E-state index is 13.1. The molecule has 0 aliphatic rings. The molecule has 1 atom stereocenters. The van der Waals surface area contributed by atoms with Crippen molar-refractivity contribution in [2.75, 3.05) is 0 Å². The second-order valence-corrected chi connectivity index (χ2v) is 6.55. The number of rotatable bonds is 3. The van der Waals surface area contributed by atoms with Gasteiger partial charge in [-0.1, -0.05) is 50.1 Å². The van der Waals surface area contributed by atoms with Crippen LogP contribution < -0.4 is 0 Å². The molecule has 0 radical (unpaired) electrons. The van der Waals surface area contributed by atoms with E-state index in [4.69, 9.17) is 0 Å². The van der Waals surface area contributed by atoms with Gasteiger partial charge in [-0.15, -0.1) is 0 Å². The second kappa shape index (κ2) is 6.48. The summed E-state index contributed by atoms with van der Waals surface area (Å²) < 4.78 is 52.5. The average molecular weight is 426 g/mol. The molecule has 0 fully saturated rings. The first-order valence-corrected chi connectivity index (χ1v) is 7.73. The molecule has 2 aromatic carbocycles. The van der Waals surface area contributed by atoms with Crippen molar-refractivity contribution in [3.8, 4) is 0 Å². The molecule has 0 spiro atoms. The molecule has 0 bridgehead atoms. The third kappa shape index (κ3) is 4.30. The maximum Gasteiger partial charge on any atom is 0.416 e. The monoisotopic (exact) mass is 424 g/mol. The van der Waals surface area contributed by atoms with Gasteiger partial charge in [0.1, 0.15) is 5.82 Å². The van der Waals surface area contributed by atoms with E-state index in [1.807, 2.05) is 0 Å². The van der Waals surface area contributed by atoms with E-state index in [1.165, 1.54) is 18.2 Å². The second-order valence-electron chi connectivity index (χ2n) is 4.53. The number of halogens is 6.